The van der Waals surface area contributed by atoms with Crippen molar-refractivity contribution in [2.45, 2.75) is 36.0 Å². The average Bonchev–Trinajstić information content (AvgIpc) is 3.21. The van der Waals surface area contributed by atoms with Gasteiger partial charge in [-0.15, -0.1) is 0 Å². The van der Waals surface area contributed by atoms with Crippen LogP contribution in [0.3, 0.4) is 0 Å². The second kappa shape index (κ2) is 8.54. The summed E-state index contributed by atoms with van der Waals surface area (Å²) in [5, 5.41) is -1.18. The molecule has 1 unspecified atom stereocenters. The number of carbonyl (C=O) groups is 1. The molecule has 2 aliphatic heterocycles. The van der Waals surface area contributed by atoms with E-state index in [0.717, 1.165) is 18.2 Å². The lowest BCUT2D eigenvalue weighted by molar-refractivity contribution is -0.269. The number of amides is 1. The van der Waals surface area contributed by atoms with Gasteiger partial charge in [0.1, 0.15) is 0 Å². The first-order chi connectivity index (χ1) is 16.1. The molecule has 0 bridgehead atoms. The molecular formula is C23H19Cl2F5N2O2S. The third-order valence-electron chi connectivity index (χ3n) is 5.91. The van der Waals surface area contributed by atoms with Crippen LogP contribution in [-0.4, -0.2) is 34.8 Å². The normalized spacial score (nSPS) is 21.9. The molecule has 1 N–H and O–H groups in total. The van der Waals surface area contributed by atoms with Gasteiger partial charge in [0.15, 0.2) is 11.5 Å². The van der Waals surface area contributed by atoms with Gasteiger partial charge >= 0.3 is 6.18 Å². The fourth-order valence-electron chi connectivity index (χ4n) is 3.98. The van der Waals surface area contributed by atoms with E-state index in [1.54, 1.807) is 13.8 Å². The van der Waals surface area contributed by atoms with E-state index in [0.29, 0.717) is 0 Å². The molecule has 2 heterocycles. The Balaban J connectivity index is 1.61. The minimum Gasteiger partial charge on any atom is -0.334 e. The van der Waals surface area contributed by atoms with Gasteiger partial charge in [-0.05, 0) is 43.2 Å². The second-order valence-corrected chi connectivity index (χ2v) is 10.9. The molecule has 1 fully saturated rings. The van der Waals surface area contributed by atoms with Gasteiger partial charge in [-0.2, -0.15) is 25.8 Å². The molecule has 0 aliphatic carbocycles. The van der Waals surface area contributed by atoms with Gasteiger partial charge in [-0.1, -0.05) is 47.5 Å². The van der Waals surface area contributed by atoms with E-state index in [2.05, 4.69) is 18.1 Å². The summed E-state index contributed by atoms with van der Waals surface area (Å²) >= 11 is 15.6. The van der Waals surface area contributed by atoms with Gasteiger partial charge in [-0.25, -0.2) is 8.78 Å². The zero-order valence-corrected chi connectivity index (χ0v) is 20.7. The van der Waals surface area contributed by atoms with Crippen LogP contribution in [0.5, 0.6) is 0 Å². The highest BCUT2D eigenvalue weighted by molar-refractivity contribution is 7.82. The fourth-order valence-corrected chi connectivity index (χ4v) is 4.60. The summed E-state index contributed by atoms with van der Waals surface area (Å²) in [4.78, 5) is 18.6. The Bertz CT molecular complexity index is 1180. The highest BCUT2D eigenvalue weighted by Crippen LogP contribution is 2.49. The van der Waals surface area contributed by atoms with Gasteiger partial charge in [0.05, 0.1) is 33.6 Å². The van der Waals surface area contributed by atoms with Crippen molar-refractivity contribution in [3.05, 3.63) is 75.0 Å². The first kappa shape index (κ1) is 26.1. The molecule has 188 valence electrons. The maximum Gasteiger partial charge on any atom is 0.428 e. The van der Waals surface area contributed by atoms with Crippen molar-refractivity contribution in [3.8, 4) is 0 Å². The number of hydrogen-bond acceptors (Lipinski definition) is 4. The lowest BCUT2D eigenvalue weighted by Gasteiger charge is -2.46. The minimum atomic E-state index is -4.96. The van der Waals surface area contributed by atoms with Crippen molar-refractivity contribution in [2.75, 3.05) is 13.1 Å². The van der Waals surface area contributed by atoms with Gasteiger partial charge in [-0.3, -0.25) is 15.1 Å². The Morgan fingerprint density at radius 3 is 2.11 bits per heavy atom. The number of likely N-dealkylation sites (tertiary alicyclic amines) is 1. The first-order valence-electron chi connectivity index (χ1n) is 10.3. The number of halogens is 7. The number of benzene rings is 2. The smallest absolute Gasteiger partial charge is 0.334 e. The summed E-state index contributed by atoms with van der Waals surface area (Å²) in [6.45, 7) is 2.93. The van der Waals surface area contributed by atoms with Crippen LogP contribution in [0.1, 0.15) is 30.5 Å². The SMILES string of the molecule is CC(C)(S)C(=O)N1CC(F)(c2ccc(C3=CC(c4cc(Cl)c(F)c(Cl)c4)(C(F)(F)F)ON3)cc2)C1. The van der Waals surface area contributed by atoms with Gasteiger partial charge in [0, 0.05) is 5.56 Å². The molecule has 1 atom stereocenters. The van der Waals surface area contributed by atoms with Crippen molar-refractivity contribution >= 4 is 47.4 Å². The van der Waals surface area contributed by atoms with E-state index in [4.69, 9.17) is 28.0 Å². The lowest BCUT2D eigenvalue weighted by atomic mass is 9.86. The van der Waals surface area contributed by atoms with Crippen LogP contribution in [0.2, 0.25) is 10.0 Å². The molecule has 1 amide bonds. The standard InChI is InChI=1S/C23H19Cl2F5N2O2S/c1-20(2,35)19(33)32-10-21(27,11-32)13-5-3-12(4-6-13)17-9-22(34-31-17,23(28,29)30)14-7-15(24)18(26)16(25)8-14/h3-9,31,35H,10-11H2,1-2H3. The van der Waals surface area contributed by atoms with Crippen LogP contribution in [0, 0.1) is 5.82 Å². The molecule has 0 saturated carbocycles. The predicted molar refractivity (Wildman–Crippen MR) is 125 cm³/mol. The number of hydrogen-bond donors (Lipinski definition) is 2. The first-order valence-corrected chi connectivity index (χ1v) is 11.5. The maximum atomic E-state index is 15.3. The zero-order chi connectivity index (χ0) is 26.0. The number of nitrogens with zero attached hydrogens (tertiary/aromatic N) is 1. The van der Waals surface area contributed by atoms with Crippen LogP contribution in [0.25, 0.3) is 5.70 Å². The van der Waals surface area contributed by atoms with Gasteiger partial charge in [0.2, 0.25) is 11.5 Å². The van der Waals surface area contributed by atoms with Crippen LogP contribution in [0.15, 0.2) is 42.5 Å². The summed E-state index contributed by atoms with van der Waals surface area (Å²) in [6, 6.07) is 7.33. The highest BCUT2D eigenvalue weighted by Gasteiger charge is 2.60. The molecular weight excluding hydrogens is 534 g/mol. The number of alkyl halides is 4. The Morgan fingerprint density at radius 2 is 1.63 bits per heavy atom. The number of thiol groups is 1. The Hall–Kier alpha value is -2.01. The Kier molecular flexibility index (Phi) is 6.36. The van der Waals surface area contributed by atoms with Crippen LogP contribution >= 0.6 is 35.8 Å². The van der Waals surface area contributed by atoms with Crippen LogP contribution in [0.4, 0.5) is 22.0 Å². The van der Waals surface area contributed by atoms with E-state index in [1.165, 1.54) is 29.2 Å². The molecule has 4 rings (SSSR count). The molecule has 2 aromatic carbocycles. The van der Waals surface area contributed by atoms with Crippen molar-refractivity contribution in [1.29, 1.82) is 0 Å². The third-order valence-corrected chi connectivity index (χ3v) is 6.65. The largest absolute Gasteiger partial charge is 0.428 e. The molecule has 12 heteroatoms. The molecule has 35 heavy (non-hydrogen) atoms. The summed E-state index contributed by atoms with van der Waals surface area (Å²) < 4.78 is 70.5. The Labute approximate surface area is 213 Å². The summed E-state index contributed by atoms with van der Waals surface area (Å²) in [5.74, 6) is -1.35. The van der Waals surface area contributed by atoms with Crippen LogP contribution < -0.4 is 5.48 Å². The van der Waals surface area contributed by atoms with Crippen molar-refractivity contribution in [3.63, 3.8) is 0 Å². The minimum absolute atomic E-state index is 0.0411. The number of rotatable bonds is 4. The number of carbonyl (C=O) groups excluding carboxylic acids is 1. The summed E-state index contributed by atoms with van der Waals surface area (Å²) in [6.07, 6.45) is -4.18. The van der Waals surface area contributed by atoms with Crippen molar-refractivity contribution in [1.82, 2.24) is 10.4 Å². The summed E-state index contributed by atoms with van der Waals surface area (Å²) in [5.41, 5.74) is -2.51. The second-order valence-electron chi connectivity index (χ2n) is 9.01. The molecule has 1 saturated heterocycles. The number of nitrogens with one attached hydrogen (secondary N) is 1. The quantitative estimate of drug-likeness (QED) is 0.270. The molecule has 4 nitrogen and oxygen atoms in total. The van der Waals surface area contributed by atoms with E-state index >= 15 is 4.39 Å². The molecule has 0 radical (unpaired) electrons. The number of hydroxylamine groups is 1. The fraction of sp³-hybridized carbons (Fsp3) is 0.348. The molecule has 2 aliphatic rings. The molecule has 0 spiro atoms. The lowest BCUT2D eigenvalue weighted by Crippen LogP contribution is -2.61. The van der Waals surface area contributed by atoms with Gasteiger partial charge < -0.3 is 4.90 Å². The van der Waals surface area contributed by atoms with E-state index in [-0.39, 0.29) is 35.8 Å². The molecule has 2 aromatic rings. The summed E-state index contributed by atoms with van der Waals surface area (Å²) in [7, 11) is 0. The zero-order valence-electron chi connectivity index (χ0n) is 18.3. The topological polar surface area (TPSA) is 41.6 Å². The monoisotopic (exact) mass is 552 g/mol. The molecule has 0 aromatic heterocycles. The van der Waals surface area contributed by atoms with Crippen molar-refractivity contribution in [2.24, 2.45) is 0 Å². The van der Waals surface area contributed by atoms with E-state index < -0.39 is 43.6 Å². The average molecular weight is 553 g/mol. The van der Waals surface area contributed by atoms with Crippen molar-refractivity contribution < 1.29 is 31.6 Å². The maximum absolute atomic E-state index is 15.3. The van der Waals surface area contributed by atoms with E-state index in [1.807, 2.05) is 0 Å². The van der Waals surface area contributed by atoms with E-state index in [9.17, 15) is 22.4 Å². The predicted octanol–water partition coefficient (Wildman–Crippen LogP) is 6.18. The Morgan fingerprint density at radius 1 is 1.09 bits per heavy atom. The van der Waals surface area contributed by atoms with Gasteiger partial charge in [0.25, 0.3) is 0 Å². The third kappa shape index (κ3) is 4.50. The highest BCUT2D eigenvalue weighted by atomic mass is 35.5. The van der Waals surface area contributed by atoms with Crippen LogP contribution in [-0.2, 0) is 20.9 Å².